The summed E-state index contributed by atoms with van der Waals surface area (Å²) in [6.45, 7) is 1.60. The summed E-state index contributed by atoms with van der Waals surface area (Å²) in [6.07, 6.45) is 3.87. The van der Waals surface area contributed by atoms with E-state index in [4.69, 9.17) is 0 Å². The van der Waals surface area contributed by atoms with E-state index in [9.17, 15) is 9.18 Å². The number of hydrogen-bond donors (Lipinski definition) is 0. The van der Waals surface area contributed by atoms with Crippen molar-refractivity contribution < 1.29 is 9.18 Å². The second-order valence-electron chi connectivity index (χ2n) is 4.23. The second-order valence-corrected chi connectivity index (χ2v) is 4.23. The van der Waals surface area contributed by atoms with Gasteiger partial charge in [-0.2, -0.15) is 0 Å². The molecule has 0 saturated carbocycles. The van der Waals surface area contributed by atoms with Crippen LogP contribution in [0.5, 0.6) is 0 Å². The maximum Gasteiger partial charge on any atom is 0.156 e. The van der Waals surface area contributed by atoms with E-state index in [2.05, 4.69) is 0 Å². The van der Waals surface area contributed by atoms with Gasteiger partial charge in [0.05, 0.1) is 0 Å². The normalized spacial score (nSPS) is 16.4. The Labute approximate surface area is 95.0 Å². The van der Waals surface area contributed by atoms with Gasteiger partial charge in [-0.15, -0.1) is 0 Å². The van der Waals surface area contributed by atoms with E-state index in [0.29, 0.717) is 0 Å². The van der Waals surface area contributed by atoms with Crippen LogP contribution < -0.4 is 0 Å². The molecule has 0 heterocycles. The molecule has 0 N–H and O–H groups in total. The molecule has 0 atom stereocenters. The van der Waals surface area contributed by atoms with Crippen molar-refractivity contribution in [2.24, 2.45) is 0 Å². The van der Waals surface area contributed by atoms with E-state index < -0.39 is 0 Å². The van der Waals surface area contributed by atoms with Gasteiger partial charge < -0.3 is 0 Å². The Morgan fingerprint density at radius 1 is 1.25 bits per heavy atom. The standard InChI is InChI=1S/C14H15FO/c1-10(16)13-7-2-3-8-14(13)11-5-4-6-12(15)9-11/h4-6,9H,2-3,7-8H2,1H3. The number of halogens is 1. The van der Waals surface area contributed by atoms with Gasteiger partial charge in [0.2, 0.25) is 0 Å². The minimum atomic E-state index is -0.238. The first-order chi connectivity index (χ1) is 7.68. The van der Waals surface area contributed by atoms with Crippen LogP contribution in [-0.2, 0) is 4.79 Å². The van der Waals surface area contributed by atoms with Gasteiger partial charge in [-0.1, -0.05) is 12.1 Å². The lowest BCUT2D eigenvalue weighted by Gasteiger charge is -2.18. The lowest BCUT2D eigenvalue weighted by molar-refractivity contribution is -0.113. The highest BCUT2D eigenvalue weighted by Gasteiger charge is 2.17. The van der Waals surface area contributed by atoms with Gasteiger partial charge in [-0.25, -0.2) is 4.39 Å². The molecule has 2 heteroatoms. The lowest BCUT2D eigenvalue weighted by atomic mass is 9.86. The third-order valence-electron chi connectivity index (χ3n) is 3.07. The molecule has 1 aliphatic carbocycles. The smallest absolute Gasteiger partial charge is 0.156 e. The van der Waals surface area contributed by atoms with Gasteiger partial charge in [0.25, 0.3) is 0 Å². The highest BCUT2D eigenvalue weighted by Crippen LogP contribution is 2.32. The number of rotatable bonds is 2. The van der Waals surface area contributed by atoms with Crippen molar-refractivity contribution in [1.29, 1.82) is 0 Å². The number of allylic oxidation sites excluding steroid dienone is 2. The minimum Gasteiger partial charge on any atom is -0.295 e. The summed E-state index contributed by atoms with van der Waals surface area (Å²) in [6, 6.07) is 6.53. The molecule has 0 fully saturated rings. The Bertz CT molecular complexity index is 446. The molecular formula is C14H15FO. The average molecular weight is 218 g/mol. The summed E-state index contributed by atoms with van der Waals surface area (Å²) in [5, 5.41) is 0. The SMILES string of the molecule is CC(=O)C1=C(c2cccc(F)c2)CCCC1. The van der Waals surface area contributed by atoms with Gasteiger partial charge in [0, 0.05) is 0 Å². The summed E-state index contributed by atoms with van der Waals surface area (Å²) in [7, 11) is 0. The van der Waals surface area contributed by atoms with E-state index in [-0.39, 0.29) is 11.6 Å². The molecule has 1 nitrogen and oxygen atoms in total. The zero-order valence-corrected chi connectivity index (χ0v) is 9.42. The van der Waals surface area contributed by atoms with Crippen LogP contribution in [-0.4, -0.2) is 5.78 Å². The number of carbonyl (C=O) groups is 1. The quantitative estimate of drug-likeness (QED) is 0.739. The Balaban J connectivity index is 2.47. The second kappa shape index (κ2) is 4.60. The highest BCUT2D eigenvalue weighted by molar-refractivity contribution is 6.01. The van der Waals surface area contributed by atoms with Crippen LogP contribution >= 0.6 is 0 Å². The Morgan fingerprint density at radius 2 is 2.00 bits per heavy atom. The maximum absolute atomic E-state index is 13.1. The first kappa shape index (κ1) is 11.1. The van der Waals surface area contributed by atoms with Gasteiger partial charge >= 0.3 is 0 Å². The van der Waals surface area contributed by atoms with E-state index in [1.165, 1.54) is 12.1 Å². The molecular weight excluding hydrogens is 203 g/mol. The topological polar surface area (TPSA) is 17.1 Å². The fourth-order valence-corrected chi connectivity index (χ4v) is 2.29. The average Bonchev–Trinajstić information content (AvgIpc) is 2.29. The van der Waals surface area contributed by atoms with Crippen LogP contribution in [0.15, 0.2) is 29.8 Å². The molecule has 16 heavy (non-hydrogen) atoms. The first-order valence-corrected chi connectivity index (χ1v) is 5.67. The molecule has 0 aromatic heterocycles. The molecule has 2 rings (SSSR count). The number of hydrogen-bond acceptors (Lipinski definition) is 1. The molecule has 0 amide bonds. The fraction of sp³-hybridized carbons (Fsp3) is 0.357. The third-order valence-corrected chi connectivity index (χ3v) is 3.07. The lowest BCUT2D eigenvalue weighted by Crippen LogP contribution is -2.06. The number of ketones is 1. The summed E-state index contributed by atoms with van der Waals surface area (Å²) in [5.74, 6) is -0.113. The predicted molar refractivity (Wildman–Crippen MR) is 62.5 cm³/mol. The van der Waals surface area contributed by atoms with Crippen molar-refractivity contribution in [3.8, 4) is 0 Å². The number of Topliss-reactive ketones (excluding diaryl/α,β-unsaturated/α-hetero) is 1. The Kier molecular flexibility index (Phi) is 3.18. The van der Waals surface area contributed by atoms with Crippen LogP contribution in [0, 0.1) is 5.82 Å². The van der Waals surface area contributed by atoms with Crippen molar-refractivity contribution in [3.63, 3.8) is 0 Å². The van der Waals surface area contributed by atoms with Crippen molar-refractivity contribution in [3.05, 3.63) is 41.2 Å². The monoisotopic (exact) mass is 218 g/mol. The minimum absolute atomic E-state index is 0.124. The molecule has 1 aromatic rings. The molecule has 1 aliphatic rings. The van der Waals surface area contributed by atoms with Crippen molar-refractivity contribution >= 4 is 11.4 Å². The van der Waals surface area contributed by atoms with Gasteiger partial charge in [-0.05, 0) is 61.4 Å². The zero-order valence-electron chi connectivity index (χ0n) is 9.42. The summed E-state index contributed by atoms with van der Waals surface area (Å²) >= 11 is 0. The van der Waals surface area contributed by atoms with Crippen molar-refractivity contribution in [1.82, 2.24) is 0 Å². The summed E-state index contributed by atoms with van der Waals surface area (Å²) < 4.78 is 13.1. The van der Waals surface area contributed by atoms with E-state index in [0.717, 1.165) is 42.4 Å². The molecule has 0 unspecified atom stereocenters. The molecule has 0 aliphatic heterocycles. The van der Waals surface area contributed by atoms with Gasteiger partial charge in [-0.3, -0.25) is 4.79 Å². The van der Waals surface area contributed by atoms with Crippen LogP contribution in [0.3, 0.4) is 0 Å². The van der Waals surface area contributed by atoms with Crippen LogP contribution in [0.25, 0.3) is 5.57 Å². The van der Waals surface area contributed by atoms with Crippen molar-refractivity contribution in [2.45, 2.75) is 32.6 Å². The third kappa shape index (κ3) is 2.21. The first-order valence-electron chi connectivity index (χ1n) is 5.67. The predicted octanol–water partition coefficient (Wildman–Crippen LogP) is 3.74. The molecule has 84 valence electrons. The highest BCUT2D eigenvalue weighted by atomic mass is 19.1. The zero-order chi connectivity index (χ0) is 11.5. The largest absolute Gasteiger partial charge is 0.295 e. The summed E-state index contributed by atoms with van der Waals surface area (Å²) in [5.41, 5.74) is 2.79. The van der Waals surface area contributed by atoms with E-state index in [1.807, 2.05) is 6.07 Å². The van der Waals surface area contributed by atoms with Crippen LogP contribution in [0.2, 0.25) is 0 Å². The van der Waals surface area contributed by atoms with E-state index in [1.54, 1.807) is 13.0 Å². The molecule has 1 aromatic carbocycles. The molecule has 0 spiro atoms. The number of carbonyl (C=O) groups excluding carboxylic acids is 1. The van der Waals surface area contributed by atoms with Gasteiger partial charge in [0.15, 0.2) is 5.78 Å². The summed E-state index contributed by atoms with van der Waals surface area (Å²) in [4.78, 5) is 11.5. The Morgan fingerprint density at radius 3 is 2.69 bits per heavy atom. The fourth-order valence-electron chi connectivity index (χ4n) is 2.29. The number of benzene rings is 1. The van der Waals surface area contributed by atoms with Crippen LogP contribution in [0.1, 0.15) is 38.2 Å². The van der Waals surface area contributed by atoms with Crippen molar-refractivity contribution in [2.75, 3.05) is 0 Å². The Hall–Kier alpha value is -1.44. The van der Waals surface area contributed by atoms with Crippen LogP contribution in [0.4, 0.5) is 4.39 Å². The maximum atomic E-state index is 13.1. The molecule has 0 bridgehead atoms. The molecule has 0 radical (unpaired) electrons. The van der Waals surface area contributed by atoms with Gasteiger partial charge in [0.1, 0.15) is 5.82 Å². The molecule has 0 saturated heterocycles. The van der Waals surface area contributed by atoms with E-state index >= 15 is 0 Å².